The van der Waals surface area contributed by atoms with Crippen LogP contribution in [0, 0.1) is 5.41 Å². The van der Waals surface area contributed by atoms with E-state index in [2.05, 4.69) is 6.58 Å². The number of allylic oxidation sites excluding steroid dienone is 2. The lowest BCUT2D eigenvalue weighted by molar-refractivity contribution is -0.134. The van der Waals surface area contributed by atoms with E-state index in [0.717, 1.165) is 17.2 Å². The summed E-state index contributed by atoms with van der Waals surface area (Å²) in [7, 11) is 0. The summed E-state index contributed by atoms with van der Waals surface area (Å²) < 4.78 is 0. The Hall–Kier alpha value is -3.40. The van der Waals surface area contributed by atoms with Crippen molar-refractivity contribution in [2.75, 3.05) is 0 Å². The zero-order valence-corrected chi connectivity index (χ0v) is 14.2. The van der Waals surface area contributed by atoms with Crippen molar-refractivity contribution in [1.82, 2.24) is 0 Å². The van der Waals surface area contributed by atoms with Gasteiger partial charge in [-0.05, 0) is 17.5 Å². The molecule has 2 rings (SSSR count). The van der Waals surface area contributed by atoms with Gasteiger partial charge in [-0.25, -0.2) is 9.59 Å². The molecule has 4 heteroatoms. The molecule has 0 spiro atoms. The fourth-order valence-electron chi connectivity index (χ4n) is 2.64. The van der Waals surface area contributed by atoms with Gasteiger partial charge in [0.25, 0.3) is 0 Å². The maximum atomic E-state index is 11.7. The van der Waals surface area contributed by atoms with Crippen molar-refractivity contribution in [2.45, 2.75) is 6.42 Å². The van der Waals surface area contributed by atoms with Gasteiger partial charge in [-0.3, -0.25) is 0 Å². The highest BCUT2D eigenvalue weighted by molar-refractivity contribution is 5.90. The van der Waals surface area contributed by atoms with Crippen LogP contribution in [-0.2, 0) is 16.0 Å². The molecule has 0 saturated heterocycles. The van der Waals surface area contributed by atoms with Gasteiger partial charge in [0.2, 0.25) is 0 Å². The number of hydrogen-bond acceptors (Lipinski definition) is 2. The first kappa shape index (κ1) is 18.9. The molecule has 2 N–H and O–H groups in total. The fourth-order valence-corrected chi connectivity index (χ4v) is 2.64. The van der Waals surface area contributed by atoms with Crippen molar-refractivity contribution in [3.8, 4) is 0 Å². The summed E-state index contributed by atoms with van der Waals surface area (Å²) in [5.74, 6) is -2.32. The van der Waals surface area contributed by atoms with E-state index < -0.39 is 17.4 Å². The first-order valence-corrected chi connectivity index (χ1v) is 8.06. The molecule has 0 amide bonds. The Balaban J connectivity index is 2.54. The molecule has 1 unspecified atom stereocenters. The van der Waals surface area contributed by atoms with Gasteiger partial charge in [0.15, 0.2) is 0 Å². The number of carboxylic acid groups (broad SMARTS) is 2. The van der Waals surface area contributed by atoms with Crippen LogP contribution in [0.25, 0.3) is 6.08 Å². The quantitative estimate of drug-likeness (QED) is 0.701. The lowest BCUT2D eigenvalue weighted by Crippen LogP contribution is -2.26. The van der Waals surface area contributed by atoms with Crippen LogP contribution in [-0.4, -0.2) is 22.2 Å². The Morgan fingerprint density at radius 1 is 0.923 bits per heavy atom. The Morgan fingerprint density at radius 3 is 2.04 bits per heavy atom. The Kier molecular flexibility index (Phi) is 6.28. The van der Waals surface area contributed by atoms with Crippen molar-refractivity contribution >= 4 is 18.0 Å². The molecule has 0 aliphatic rings. The van der Waals surface area contributed by atoms with Gasteiger partial charge in [0.1, 0.15) is 0 Å². The van der Waals surface area contributed by atoms with E-state index in [1.807, 2.05) is 60.7 Å². The van der Waals surface area contributed by atoms with Crippen LogP contribution in [0.15, 0.2) is 91.0 Å². The molecule has 0 bridgehead atoms. The van der Waals surface area contributed by atoms with E-state index >= 15 is 0 Å². The maximum absolute atomic E-state index is 11.7. The average molecular weight is 348 g/mol. The minimum atomic E-state index is -1.17. The monoisotopic (exact) mass is 348 g/mol. The van der Waals surface area contributed by atoms with Gasteiger partial charge in [0.05, 0.1) is 0 Å². The van der Waals surface area contributed by atoms with Gasteiger partial charge >= 0.3 is 11.9 Å². The van der Waals surface area contributed by atoms with Gasteiger partial charge in [0, 0.05) is 17.1 Å². The predicted molar refractivity (Wildman–Crippen MR) is 102 cm³/mol. The summed E-state index contributed by atoms with van der Waals surface area (Å²) in [5, 5.41) is 18.6. The highest BCUT2D eigenvalue weighted by atomic mass is 16.4. The second-order valence-electron chi connectivity index (χ2n) is 5.90. The van der Waals surface area contributed by atoms with E-state index in [0.29, 0.717) is 0 Å². The first-order chi connectivity index (χ1) is 12.4. The molecule has 2 aromatic carbocycles. The van der Waals surface area contributed by atoms with Gasteiger partial charge in [-0.1, -0.05) is 85.5 Å². The molecule has 2 aromatic rings. The van der Waals surface area contributed by atoms with E-state index in [-0.39, 0.29) is 12.0 Å². The molecular weight excluding hydrogens is 328 g/mol. The summed E-state index contributed by atoms with van der Waals surface area (Å²) in [4.78, 5) is 22.8. The van der Waals surface area contributed by atoms with Crippen LogP contribution in [0.2, 0.25) is 0 Å². The topological polar surface area (TPSA) is 74.6 Å². The molecule has 0 radical (unpaired) electrons. The second kappa shape index (κ2) is 8.62. The van der Waals surface area contributed by atoms with E-state index in [1.165, 1.54) is 6.08 Å². The maximum Gasteiger partial charge on any atom is 0.332 e. The van der Waals surface area contributed by atoms with Crippen molar-refractivity contribution < 1.29 is 19.8 Å². The third-order valence-electron chi connectivity index (χ3n) is 4.06. The normalized spacial score (nSPS) is 13.5. The van der Waals surface area contributed by atoms with Gasteiger partial charge in [-0.15, -0.1) is 0 Å². The molecule has 0 heterocycles. The van der Waals surface area contributed by atoms with Crippen LogP contribution in [0.3, 0.4) is 0 Å². The minimum Gasteiger partial charge on any atom is -0.478 e. The van der Waals surface area contributed by atoms with E-state index in [4.69, 9.17) is 5.11 Å². The molecule has 0 fully saturated rings. The van der Waals surface area contributed by atoms with Crippen LogP contribution in [0.1, 0.15) is 11.1 Å². The molecular formula is C22H20O4. The Morgan fingerprint density at radius 2 is 1.50 bits per heavy atom. The van der Waals surface area contributed by atoms with E-state index in [1.54, 1.807) is 12.2 Å². The van der Waals surface area contributed by atoms with Crippen LogP contribution >= 0.6 is 0 Å². The standard InChI is InChI=1S/C22H20O4/c1-17(21(25)26)22(15-13-20(23)24,16-19-10-6-3-7-11-19)14-12-18-8-4-2-5-9-18/h2-15H,1,16H2,(H,23,24)(H,25,26). The molecule has 0 aliphatic heterocycles. The summed E-state index contributed by atoms with van der Waals surface area (Å²) in [6.07, 6.45) is 6.12. The Labute approximate surface area is 152 Å². The number of aliphatic carboxylic acids is 2. The third-order valence-corrected chi connectivity index (χ3v) is 4.06. The zero-order valence-electron chi connectivity index (χ0n) is 14.2. The lowest BCUT2D eigenvalue weighted by atomic mass is 9.74. The first-order valence-electron chi connectivity index (χ1n) is 8.06. The summed E-state index contributed by atoms with van der Waals surface area (Å²) in [5.41, 5.74) is 0.502. The summed E-state index contributed by atoms with van der Waals surface area (Å²) in [6, 6.07) is 18.7. The molecule has 132 valence electrons. The Bertz CT molecular complexity index is 835. The molecule has 0 aromatic heterocycles. The van der Waals surface area contributed by atoms with Gasteiger partial charge < -0.3 is 10.2 Å². The number of hydrogen-bond donors (Lipinski definition) is 2. The second-order valence-corrected chi connectivity index (χ2v) is 5.90. The number of carbonyl (C=O) groups is 2. The van der Waals surface area contributed by atoms with Crippen molar-refractivity contribution in [3.63, 3.8) is 0 Å². The van der Waals surface area contributed by atoms with E-state index in [9.17, 15) is 14.7 Å². The molecule has 0 saturated carbocycles. The van der Waals surface area contributed by atoms with Crippen molar-refractivity contribution in [1.29, 1.82) is 0 Å². The molecule has 0 aliphatic carbocycles. The van der Waals surface area contributed by atoms with Crippen LogP contribution in [0.4, 0.5) is 0 Å². The number of rotatable bonds is 8. The van der Waals surface area contributed by atoms with Crippen LogP contribution < -0.4 is 0 Å². The zero-order chi connectivity index (χ0) is 19.0. The largest absolute Gasteiger partial charge is 0.478 e. The average Bonchev–Trinajstić information content (AvgIpc) is 2.65. The lowest BCUT2D eigenvalue weighted by Gasteiger charge is -2.28. The summed E-state index contributed by atoms with van der Waals surface area (Å²) >= 11 is 0. The minimum absolute atomic E-state index is 0.0916. The van der Waals surface area contributed by atoms with Gasteiger partial charge in [-0.2, -0.15) is 0 Å². The highest BCUT2D eigenvalue weighted by Gasteiger charge is 2.32. The predicted octanol–water partition coefficient (Wildman–Crippen LogP) is 4.21. The molecule has 4 nitrogen and oxygen atoms in total. The van der Waals surface area contributed by atoms with Crippen molar-refractivity contribution in [3.05, 3.63) is 102 Å². The molecule has 26 heavy (non-hydrogen) atoms. The third kappa shape index (κ3) is 5.05. The highest BCUT2D eigenvalue weighted by Crippen LogP contribution is 2.35. The number of carboxylic acids is 2. The number of benzene rings is 2. The smallest absolute Gasteiger partial charge is 0.332 e. The van der Waals surface area contributed by atoms with Crippen molar-refractivity contribution in [2.24, 2.45) is 5.41 Å². The fraction of sp³-hybridized carbons (Fsp3) is 0.0909. The molecule has 1 atom stereocenters. The SMILES string of the molecule is C=C(C(=O)O)C(C=CC(=O)O)(C=Cc1ccccc1)Cc1ccccc1. The summed E-state index contributed by atoms with van der Waals surface area (Å²) in [6.45, 7) is 3.72. The van der Waals surface area contributed by atoms with Crippen LogP contribution in [0.5, 0.6) is 0 Å².